The molecule has 0 aliphatic heterocycles. The molecule has 0 bridgehead atoms. The van der Waals surface area contributed by atoms with Crippen molar-refractivity contribution in [2.75, 3.05) is 6.54 Å². The summed E-state index contributed by atoms with van der Waals surface area (Å²) >= 11 is 0. The Morgan fingerprint density at radius 3 is 1.87 bits per heavy atom. The fraction of sp³-hybridized carbons (Fsp3) is 0.800. The van der Waals surface area contributed by atoms with Gasteiger partial charge in [0.15, 0.2) is 0 Å². The summed E-state index contributed by atoms with van der Waals surface area (Å²) in [6.07, 6.45) is 2.15. The molecule has 30 heavy (non-hydrogen) atoms. The standard InChI is InChI=1S/C20H39N5O5/c1-6-12(4)16(25-17(26)13(5)22)19(28)23-14(9-7-8-10-21)18(27)24-15(11(2)3)20(29)30/h11-16H,6-10,21-22H2,1-5H3,(H,23,28)(H,24,27)(H,25,26)(H,29,30). The second kappa shape index (κ2) is 13.9. The molecule has 0 aliphatic carbocycles. The lowest BCUT2D eigenvalue weighted by Crippen LogP contribution is -2.58. The van der Waals surface area contributed by atoms with Gasteiger partial charge in [0.1, 0.15) is 18.1 Å². The minimum Gasteiger partial charge on any atom is -0.480 e. The first-order valence-electron chi connectivity index (χ1n) is 10.6. The third-order valence-corrected chi connectivity index (χ3v) is 5.02. The zero-order valence-corrected chi connectivity index (χ0v) is 18.7. The van der Waals surface area contributed by atoms with Crippen molar-refractivity contribution in [2.45, 2.75) is 84.5 Å². The Balaban J connectivity index is 5.47. The van der Waals surface area contributed by atoms with E-state index in [0.29, 0.717) is 32.2 Å². The number of nitrogens with one attached hydrogen (secondary N) is 3. The molecule has 0 aromatic heterocycles. The third kappa shape index (κ3) is 9.53. The summed E-state index contributed by atoms with van der Waals surface area (Å²) in [5.41, 5.74) is 11.1. The van der Waals surface area contributed by atoms with Crippen LogP contribution in [0.4, 0.5) is 0 Å². The molecule has 0 aliphatic rings. The van der Waals surface area contributed by atoms with Crippen LogP contribution in [0.5, 0.6) is 0 Å². The quantitative estimate of drug-likeness (QED) is 0.205. The van der Waals surface area contributed by atoms with E-state index in [1.165, 1.54) is 6.92 Å². The maximum atomic E-state index is 12.9. The highest BCUT2D eigenvalue weighted by atomic mass is 16.4. The minimum atomic E-state index is -1.15. The SMILES string of the molecule is CCC(C)C(NC(=O)C(C)N)C(=O)NC(CCCCN)C(=O)NC(C(=O)O)C(C)C. The van der Waals surface area contributed by atoms with Crippen LogP contribution < -0.4 is 27.4 Å². The average molecular weight is 430 g/mol. The molecular weight excluding hydrogens is 390 g/mol. The normalized spacial score (nSPS) is 16.1. The Morgan fingerprint density at radius 2 is 1.43 bits per heavy atom. The molecule has 0 heterocycles. The summed E-state index contributed by atoms with van der Waals surface area (Å²) in [4.78, 5) is 49.1. The first-order chi connectivity index (χ1) is 14.0. The first-order valence-corrected chi connectivity index (χ1v) is 10.6. The lowest BCUT2D eigenvalue weighted by Gasteiger charge is -2.28. The van der Waals surface area contributed by atoms with Crippen molar-refractivity contribution in [3.8, 4) is 0 Å². The van der Waals surface area contributed by atoms with Gasteiger partial charge in [0.2, 0.25) is 17.7 Å². The number of carbonyl (C=O) groups excluding carboxylic acids is 3. The van der Waals surface area contributed by atoms with Crippen molar-refractivity contribution in [1.82, 2.24) is 16.0 Å². The number of rotatable bonds is 14. The van der Waals surface area contributed by atoms with Gasteiger partial charge < -0.3 is 32.5 Å². The lowest BCUT2D eigenvalue weighted by atomic mass is 9.97. The molecule has 5 atom stereocenters. The summed E-state index contributed by atoms with van der Waals surface area (Å²) in [6.45, 7) is 9.02. The van der Waals surface area contributed by atoms with Crippen molar-refractivity contribution in [1.29, 1.82) is 0 Å². The van der Waals surface area contributed by atoms with Crippen molar-refractivity contribution < 1.29 is 24.3 Å². The molecule has 10 nitrogen and oxygen atoms in total. The Kier molecular flexibility index (Phi) is 12.9. The van der Waals surface area contributed by atoms with Crippen molar-refractivity contribution in [2.24, 2.45) is 23.3 Å². The lowest BCUT2D eigenvalue weighted by molar-refractivity contribution is -0.143. The molecule has 174 valence electrons. The number of carboxylic acids is 1. The van der Waals surface area contributed by atoms with E-state index in [-0.39, 0.29) is 11.8 Å². The fourth-order valence-electron chi connectivity index (χ4n) is 2.78. The molecule has 0 saturated heterocycles. The van der Waals surface area contributed by atoms with Gasteiger partial charge in [-0.2, -0.15) is 0 Å². The van der Waals surface area contributed by atoms with E-state index in [4.69, 9.17) is 11.5 Å². The summed E-state index contributed by atoms with van der Waals surface area (Å²) in [5, 5.41) is 17.1. The number of hydrogen-bond donors (Lipinski definition) is 6. The molecule has 10 heteroatoms. The van der Waals surface area contributed by atoms with Crippen molar-refractivity contribution in [3.63, 3.8) is 0 Å². The molecular formula is C20H39N5O5. The number of hydrogen-bond acceptors (Lipinski definition) is 6. The number of unbranched alkanes of at least 4 members (excludes halogenated alkanes) is 1. The molecule has 5 unspecified atom stereocenters. The van der Waals surface area contributed by atoms with E-state index >= 15 is 0 Å². The van der Waals surface area contributed by atoms with E-state index in [9.17, 15) is 24.3 Å². The number of aliphatic carboxylic acids is 1. The van der Waals surface area contributed by atoms with E-state index in [1.54, 1.807) is 13.8 Å². The van der Waals surface area contributed by atoms with E-state index in [1.807, 2.05) is 13.8 Å². The number of carbonyl (C=O) groups is 4. The van der Waals surface area contributed by atoms with Gasteiger partial charge in [-0.1, -0.05) is 34.1 Å². The Hall–Kier alpha value is -2.20. The van der Waals surface area contributed by atoms with Crippen LogP contribution in [0.25, 0.3) is 0 Å². The smallest absolute Gasteiger partial charge is 0.326 e. The summed E-state index contributed by atoms with van der Waals surface area (Å²) in [6, 6.07) is -3.66. The second-order valence-electron chi connectivity index (χ2n) is 8.07. The molecule has 0 spiro atoms. The molecule has 0 fully saturated rings. The van der Waals surface area contributed by atoms with Gasteiger partial charge in [-0.25, -0.2) is 4.79 Å². The van der Waals surface area contributed by atoms with E-state index in [2.05, 4.69) is 16.0 Å². The first kappa shape index (κ1) is 27.8. The molecule has 0 radical (unpaired) electrons. The number of amides is 3. The van der Waals surface area contributed by atoms with Gasteiger partial charge in [-0.3, -0.25) is 14.4 Å². The highest BCUT2D eigenvalue weighted by molar-refractivity contribution is 5.94. The van der Waals surface area contributed by atoms with E-state index < -0.39 is 47.9 Å². The van der Waals surface area contributed by atoms with Gasteiger partial charge in [-0.05, 0) is 44.6 Å². The predicted octanol–water partition coefficient (Wildman–Crippen LogP) is -0.296. The Morgan fingerprint density at radius 1 is 0.867 bits per heavy atom. The highest BCUT2D eigenvalue weighted by Gasteiger charge is 2.32. The van der Waals surface area contributed by atoms with Gasteiger partial charge in [0.25, 0.3) is 0 Å². The summed E-state index contributed by atoms with van der Waals surface area (Å²) in [5.74, 6) is -3.23. The fourth-order valence-corrected chi connectivity index (χ4v) is 2.78. The largest absolute Gasteiger partial charge is 0.480 e. The molecule has 8 N–H and O–H groups in total. The van der Waals surface area contributed by atoms with Crippen LogP contribution in [0.2, 0.25) is 0 Å². The minimum absolute atomic E-state index is 0.192. The maximum absolute atomic E-state index is 12.9. The maximum Gasteiger partial charge on any atom is 0.326 e. The number of nitrogens with two attached hydrogens (primary N) is 2. The average Bonchev–Trinajstić information content (AvgIpc) is 2.67. The second-order valence-corrected chi connectivity index (χ2v) is 8.07. The van der Waals surface area contributed by atoms with Gasteiger partial charge in [-0.15, -0.1) is 0 Å². The monoisotopic (exact) mass is 429 g/mol. The topological polar surface area (TPSA) is 177 Å². The summed E-state index contributed by atoms with van der Waals surface area (Å²) in [7, 11) is 0. The Labute approximate surface area is 178 Å². The summed E-state index contributed by atoms with van der Waals surface area (Å²) < 4.78 is 0. The van der Waals surface area contributed by atoms with Crippen molar-refractivity contribution >= 4 is 23.7 Å². The van der Waals surface area contributed by atoms with Crippen LogP contribution in [0, 0.1) is 11.8 Å². The van der Waals surface area contributed by atoms with Crippen LogP contribution in [-0.4, -0.2) is 59.5 Å². The van der Waals surface area contributed by atoms with Crippen LogP contribution >= 0.6 is 0 Å². The highest BCUT2D eigenvalue weighted by Crippen LogP contribution is 2.11. The van der Waals surface area contributed by atoms with E-state index in [0.717, 1.165) is 0 Å². The number of carboxylic acid groups (broad SMARTS) is 1. The molecule has 0 rings (SSSR count). The van der Waals surface area contributed by atoms with Gasteiger partial charge in [0, 0.05) is 0 Å². The third-order valence-electron chi connectivity index (χ3n) is 5.02. The molecule has 0 aromatic carbocycles. The Bertz CT molecular complexity index is 582. The van der Waals surface area contributed by atoms with Crippen LogP contribution in [0.3, 0.4) is 0 Å². The zero-order valence-electron chi connectivity index (χ0n) is 18.7. The molecule has 3 amide bonds. The van der Waals surface area contributed by atoms with Gasteiger partial charge in [0.05, 0.1) is 6.04 Å². The molecule has 0 aromatic rings. The molecule has 0 saturated carbocycles. The van der Waals surface area contributed by atoms with Crippen LogP contribution in [0.1, 0.15) is 60.3 Å². The van der Waals surface area contributed by atoms with Crippen LogP contribution in [0.15, 0.2) is 0 Å². The van der Waals surface area contributed by atoms with Crippen molar-refractivity contribution in [3.05, 3.63) is 0 Å². The predicted molar refractivity (Wildman–Crippen MR) is 114 cm³/mol. The van der Waals surface area contributed by atoms with Gasteiger partial charge >= 0.3 is 5.97 Å². The zero-order chi connectivity index (χ0) is 23.4. The van der Waals surface area contributed by atoms with Crippen LogP contribution in [-0.2, 0) is 19.2 Å².